The number of para-hydroxylation sites is 1. The van der Waals surface area contributed by atoms with Crippen molar-refractivity contribution in [3.63, 3.8) is 0 Å². The maximum atomic E-state index is 13.0. The lowest BCUT2D eigenvalue weighted by Crippen LogP contribution is -2.42. The van der Waals surface area contributed by atoms with Crippen LogP contribution < -0.4 is 4.90 Å². The number of allylic oxidation sites excluding steroid dienone is 3. The van der Waals surface area contributed by atoms with Gasteiger partial charge in [0.2, 0.25) is 0 Å². The Morgan fingerprint density at radius 3 is 2.35 bits per heavy atom. The third-order valence-electron chi connectivity index (χ3n) is 3.88. The van der Waals surface area contributed by atoms with Gasteiger partial charge in [0.25, 0.3) is 11.8 Å². The van der Waals surface area contributed by atoms with Crippen LogP contribution in [0.25, 0.3) is 5.57 Å². The van der Waals surface area contributed by atoms with E-state index in [1.807, 2.05) is 56.3 Å². The van der Waals surface area contributed by atoms with E-state index in [-0.39, 0.29) is 11.8 Å². The monoisotopic (exact) mass is 303 g/mol. The third-order valence-corrected chi connectivity index (χ3v) is 3.88. The Morgan fingerprint density at radius 2 is 1.65 bits per heavy atom. The quantitative estimate of drug-likeness (QED) is 0.617. The van der Waals surface area contributed by atoms with Crippen LogP contribution in [0.2, 0.25) is 0 Å². The van der Waals surface area contributed by atoms with E-state index < -0.39 is 0 Å². The highest BCUT2D eigenvalue weighted by Gasteiger charge is 2.36. The minimum absolute atomic E-state index is 0.280. The van der Waals surface area contributed by atoms with Gasteiger partial charge in [-0.15, -0.1) is 0 Å². The Balaban J connectivity index is 2.25. The Hall–Kier alpha value is -2.94. The standard InChI is InChI=1S/C20H17NO2/c1-3-4-12-16-18-14(2)9-8-13-17(18)20(23)21(19(16)22)15-10-6-5-7-11-15/h3-13H,1-2H3/b4-3-,16-12+. The molecule has 0 aromatic heterocycles. The van der Waals surface area contributed by atoms with Gasteiger partial charge < -0.3 is 0 Å². The molecule has 2 amide bonds. The lowest BCUT2D eigenvalue weighted by molar-refractivity contribution is -0.112. The summed E-state index contributed by atoms with van der Waals surface area (Å²) < 4.78 is 0. The molecule has 0 N–H and O–H groups in total. The summed E-state index contributed by atoms with van der Waals surface area (Å²) in [5.41, 5.74) is 3.34. The number of benzene rings is 2. The van der Waals surface area contributed by atoms with E-state index >= 15 is 0 Å². The van der Waals surface area contributed by atoms with Crippen LogP contribution in [0.1, 0.15) is 28.4 Å². The number of carbonyl (C=O) groups excluding carboxylic acids is 2. The molecule has 3 rings (SSSR count). The number of aryl methyl sites for hydroxylation is 1. The van der Waals surface area contributed by atoms with Crippen molar-refractivity contribution >= 4 is 23.1 Å². The first-order valence-electron chi connectivity index (χ1n) is 7.52. The molecule has 23 heavy (non-hydrogen) atoms. The number of imide groups is 1. The molecule has 0 aliphatic carbocycles. The zero-order valence-electron chi connectivity index (χ0n) is 13.1. The van der Waals surface area contributed by atoms with Crippen molar-refractivity contribution < 1.29 is 9.59 Å². The van der Waals surface area contributed by atoms with E-state index in [0.29, 0.717) is 16.8 Å². The summed E-state index contributed by atoms with van der Waals surface area (Å²) in [6.07, 6.45) is 5.46. The summed E-state index contributed by atoms with van der Waals surface area (Å²) in [6.45, 7) is 3.81. The van der Waals surface area contributed by atoms with Gasteiger partial charge in [-0.2, -0.15) is 0 Å². The smallest absolute Gasteiger partial charge is 0.265 e. The molecule has 0 bridgehead atoms. The lowest BCUT2D eigenvalue weighted by atomic mass is 9.89. The summed E-state index contributed by atoms with van der Waals surface area (Å²) in [5, 5.41) is 0. The van der Waals surface area contributed by atoms with Crippen LogP contribution in [-0.2, 0) is 4.79 Å². The molecule has 1 aliphatic heterocycles. The highest BCUT2D eigenvalue weighted by molar-refractivity contribution is 6.41. The minimum atomic E-state index is -0.291. The second kappa shape index (κ2) is 6.05. The van der Waals surface area contributed by atoms with Crippen molar-refractivity contribution in [3.8, 4) is 0 Å². The van der Waals surface area contributed by atoms with Crippen LogP contribution in [-0.4, -0.2) is 11.8 Å². The van der Waals surface area contributed by atoms with Gasteiger partial charge in [0.1, 0.15) is 0 Å². The minimum Gasteiger partial charge on any atom is -0.268 e. The fourth-order valence-electron chi connectivity index (χ4n) is 2.80. The van der Waals surface area contributed by atoms with Gasteiger partial charge in [-0.05, 0) is 43.7 Å². The molecule has 2 aromatic carbocycles. The van der Waals surface area contributed by atoms with Gasteiger partial charge in [0.15, 0.2) is 0 Å². The molecule has 114 valence electrons. The lowest BCUT2D eigenvalue weighted by Gasteiger charge is -2.29. The van der Waals surface area contributed by atoms with Gasteiger partial charge in [-0.1, -0.05) is 42.5 Å². The van der Waals surface area contributed by atoms with Crippen LogP contribution in [0.3, 0.4) is 0 Å². The Bertz CT molecular complexity index is 832. The molecule has 3 heteroatoms. The normalized spacial score (nSPS) is 16.3. The second-order valence-corrected chi connectivity index (χ2v) is 5.38. The molecular formula is C20H17NO2. The van der Waals surface area contributed by atoms with Crippen LogP contribution in [0, 0.1) is 6.92 Å². The van der Waals surface area contributed by atoms with Crippen LogP contribution >= 0.6 is 0 Å². The van der Waals surface area contributed by atoms with Crippen LogP contribution in [0.5, 0.6) is 0 Å². The summed E-state index contributed by atoms with van der Waals surface area (Å²) in [4.78, 5) is 27.1. The molecule has 0 fully saturated rings. The number of anilines is 1. The van der Waals surface area contributed by atoms with Gasteiger partial charge in [-0.25, -0.2) is 4.90 Å². The summed E-state index contributed by atoms with van der Waals surface area (Å²) in [5.74, 6) is -0.571. The predicted molar refractivity (Wildman–Crippen MR) is 92.2 cm³/mol. The zero-order valence-corrected chi connectivity index (χ0v) is 13.1. The van der Waals surface area contributed by atoms with E-state index in [1.54, 1.807) is 24.3 Å². The molecule has 0 saturated heterocycles. The van der Waals surface area contributed by atoms with Gasteiger partial charge >= 0.3 is 0 Å². The number of carbonyl (C=O) groups is 2. The third kappa shape index (κ3) is 2.50. The van der Waals surface area contributed by atoms with Crippen molar-refractivity contribution in [2.24, 2.45) is 0 Å². The van der Waals surface area contributed by atoms with Crippen molar-refractivity contribution in [3.05, 3.63) is 83.4 Å². The fraction of sp³-hybridized carbons (Fsp3) is 0.100. The van der Waals surface area contributed by atoms with Crippen molar-refractivity contribution in [2.45, 2.75) is 13.8 Å². The van der Waals surface area contributed by atoms with E-state index in [2.05, 4.69) is 0 Å². The predicted octanol–water partition coefficient (Wildman–Crippen LogP) is 4.14. The Kier molecular flexibility index (Phi) is 3.94. The molecule has 0 atom stereocenters. The number of hydrogen-bond acceptors (Lipinski definition) is 2. The first kappa shape index (κ1) is 15.0. The van der Waals surface area contributed by atoms with Crippen LogP contribution in [0.4, 0.5) is 5.69 Å². The Morgan fingerprint density at radius 1 is 0.913 bits per heavy atom. The van der Waals surface area contributed by atoms with Crippen molar-refractivity contribution in [1.82, 2.24) is 0 Å². The maximum Gasteiger partial charge on any atom is 0.265 e. The zero-order chi connectivity index (χ0) is 16.4. The average molecular weight is 303 g/mol. The molecular weight excluding hydrogens is 286 g/mol. The fourth-order valence-corrected chi connectivity index (χ4v) is 2.80. The number of rotatable bonds is 2. The average Bonchev–Trinajstić information content (AvgIpc) is 2.56. The summed E-state index contributed by atoms with van der Waals surface area (Å²) >= 11 is 0. The van der Waals surface area contributed by atoms with Crippen LogP contribution in [0.15, 0.2) is 66.8 Å². The maximum absolute atomic E-state index is 13.0. The number of nitrogens with zero attached hydrogens (tertiary/aromatic N) is 1. The largest absolute Gasteiger partial charge is 0.268 e. The van der Waals surface area contributed by atoms with E-state index in [1.165, 1.54) is 4.90 Å². The van der Waals surface area contributed by atoms with Crippen molar-refractivity contribution in [1.29, 1.82) is 0 Å². The summed E-state index contributed by atoms with van der Waals surface area (Å²) in [6, 6.07) is 14.6. The molecule has 0 saturated carbocycles. The molecule has 2 aromatic rings. The van der Waals surface area contributed by atoms with Gasteiger partial charge in [0, 0.05) is 16.7 Å². The van der Waals surface area contributed by atoms with E-state index in [9.17, 15) is 9.59 Å². The molecule has 3 nitrogen and oxygen atoms in total. The van der Waals surface area contributed by atoms with E-state index in [0.717, 1.165) is 11.1 Å². The van der Waals surface area contributed by atoms with Gasteiger partial charge in [0.05, 0.1) is 5.69 Å². The molecule has 0 unspecified atom stereocenters. The second-order valence-electron chi connectivity index (χ2n) is 5.38. The summed E-state index contributed by atoms with van der Waals surface area (Å²) in [7, 11) is 0. The SMILES string of the molecule is C/C=C\C=C1\C(=O)N(c2ccccc2)C(=O)c2cccc(C)c21. The number of hydrogen-bond donors (Lipinski definition) is 0. The van der Waals surface area contributed by atoms with Crippen molar-refractivity contribution in [2.75, 3.05) is 4.90 Å². The highest BCUT2D eigenvalue weighted by atomic mass is 16.2. The highest BCUT2D eigenvalue weighted by Crippen LogP contribution is 2.34. The number of fused-ring (bicyclic) bond motifs is 1. The number of amides is 2. The molecule has 0 radical (unpaired) electrons. The topological polar surface area (TPSA) is 37.4 Å². The molecule has 1 aliphatic rings. The molecule has 1 heterocycles. The molecule has 0 spiro atoms. The first-order chi connectivity index (χ1) is 11.1. The first-order valence-corrected chi connectivity index (χ1v) is 7.52. The Labute approximate surface area is 135 Å². The van der Waals surface area contributed by atoms with E-state index in [4.69, 9.17) is 0 Å². The van der Waals surface area contributed by atoms with Gasteiger partial charge in [-0.3, -0.25) is 9.59 Å².